The Balaban J connectivity index is 1.54. The Hall–Kier alpha value is -2.68. The summed E-state index contributed by atoms with van der Waals surface area (Å²) in [4.78, 5) is 26.8. The molecule has 0 spiro atoms. The molecule has 3 N–H and O–H groups in total. The number of nitrogens with one attached hydrogen (secondary N) is 1. The number of anilines is 2. The number of piperidine rings is 1. The summed E-state index contributed by atoms with van der Waals surface area (Å²) in [7, 11) is 0. The van der Waals surface area contributed by atoms with Crippen LogP contribution in [0.15, 0.2) is 22.8 Å². The Kier molecular flexibility index (Phi) is 6.00. The van der Waals surface area contributed by atoms with Crippen LogP contribution in [-0.2, 0) is 22.6 Å². The number of carbonyl (C=O) groups is 1. The number of hydrogen-bond donors (Lipinski definition) is 2. The van der Waals surface area contributed by atoms with Crippen LogP contribution in [0, 0.1) is 5.92 Å². The van der Waals surface area contributed by atoms with Crippen molar-refractivity contribution in [2.24, 2.45) is 5.92 Å². The second kappa shape index (κ2) is 8.61. The zero-order valence-electron chi connectivity index (χ0n) is 14.9. The maximum atomic E-state index is 11.8. The van der Waals surface area contributed by atoms with Crippen LogP contribution in [-0.4, -0.2) is 45.5 Å². The molecule has 0 aromatic carbocycles. The topological polar surface area (TPSA) is 119 Å². The maximum absolute atomic E-state index is 11.8. The fraction of sp³-hybridized carbons (Fsp3) is 0.529. The average molecular weight is 360 g/mol. The van der Waals surface area contributed by atoms with Crippen molar-refractivity contribution in [1.82, 2.24) is 19.9 Å². The second-order valence-electron chi connectivity index (χ2n) is 6.17. The predicted molar refractivity (Wildman–Crippen MR) is 94.9 cm³/mol. The van der Waals surface area contributed by atoms with E-state index in [-0.39, 0.29) is 17.8 Å². The monoisotopic (exact) mass is 360 g/mol. The van der Waals surface area contributed by atoms with Crippen molar-refractivity contribution < 1.29 is 13.9 Å². The molecule has 0 radical (unpaired) electrons. The van der Waals surface area contributed by atoms with E-state index in [2.05, 4.69) is 25.2 Å². The van der Waals surface area contributed by atoms with Crippen LogP contribution in [0.4, 0.5) is 11.9 Å². The molecule has 1 saturated heterocycles. The van der Waals surface area contributed by atoms with Crippen LogP contribution in [0.3, 0.4) is 0 Å². The van der Waals surface area contributed by atoms with E-state index in [9.17, 15) is 4.79 Å². The molecule has 1 aliphatic heterocycles. The quantitative estimate of drug-likeness (QED) is 0.707. The molecule has 1 fully saturated rings. The third-order valence-corrected chi connectivity index (χ3v) is 4.27. The standard InChI is InChI=1S/C17H24N6O3/c1-2-25-15(24)12-5-7-23(8-6-12)11-14-20-16(18)22-17(21-14)19-10-13-4-3-9-26-13/h3-4,9,12H,2,5-8,10-11H2,1H3,(H3,18,19,20,21,22). The molecule has 0 unspecified atom stereocenters. The molecule has 9 nitrogen and oxygen atoms in total. The highest BCUT2D eigenvalue weighted by Gasteiger charge is 2.26. The lowest BCUT2D eigenvalue weighted by molar-refractivity contribution is -0.149. The van der Waals surface area contributed by atoms with Crippen LogP contribution in [0.25, 0.3) is 0 Å². The summed E-state index contributed by atoms with van der Waals surface area (Å²) in [5.41, 5.74) is 5.80. The van der Waals surface area contributed by atoms with Gasteiger partial charge in [0, 0.05) is 0 Å². The molecule has 1 aliphatic rings. The first-order valence-electron chi connectivity index (χ1n) is 8.79. The lowest BCUT2D eigenvalue weighted by Crippen LogP contribution is -2.37. The number of esters is 1. The number of furan rings is 1. The zero-order chi connectivity index (χ0) is 18.4. The molecule has 2 aromatic heterocycles. The van der Waals surface area contributed by atoms with E-state index in [4.69, 9.17) is 14.9 Å². The number of ether oxygens (including phenoxy) is 1. The van der Waals surface area contributed by atoms with E-state index in [0.29, 0.717) is 31.5 Å². The first-order chi connectivity index (χ1) is 12.6. The zero-order valence-corrected chi connectivity index (χ0v) is 14.9. The summed E-state index contributed by atoms with van der Waals surface area (Å²) in [6, 6.07) is 3.69. The third-order valence-electron chi connectivity index (χ3n) is 4.27. The van der Waals surface area contributed by atoms with Crippen molar-refractivity contribution in [2.45, 2.75) is 32.9 Å². The Morgan fingerprint density at radius 3 is 2.88 bits per heavy atom. The maximum Gasteiger partial charge on any atom is 0.309 e. The number of nitrogens with zero attached hydrogens (tertiary/aromatic N) is 4. The van der Waals surface area contributed by atoms with E-state index in [1.165, 1.54) is 0 Å². The summed E-state index contributed by atoms with van der Waals surface area (Å²) in [6.07, 6.45) is 3.18. The highest BCUT2D eigenvalue weighted by Crippen LogP contribution is 2.20. The lowest BCUT2D eigenvalue weighted by atomic mass is 9.97. The van der Waals surface area contributed by atoms with Gasteiger partial charge in [-0.05, 0) is 45.0 Å². The molecule has 3 heterocycles. The van der Waals surface area contributed by atoms with Crippen LogP contribution < -0.4 is 11.1 Å². The summed E-state index contributed by atoms with van der Waals surface area (Å²) in [5, 5.41) is 3.09. The van der Waals surface area contributed by atoms with Crippen molar-refractivity contribution in [3.63, 3.8) is 0 Å². The Labute approximate surface area is 152 Å². The molecule has 3 rings (SSSR count). The first kappa shape index (κ1) is 18.1. The van der Waals surface area contributed by atoms with Crippen molar-refractivity contribution >= 4 is 17.9 Å². The van der Waals surface area contributed by atoms with Crippen molar-refractivity contribution in [1.29, 1.82) is 0 Å². The molecule has 0 aliphatic carbocycles. The number of nitrogens with two attached hydrogens (primary N) is 1. The summed E-state index contributed by atoms with van der Waals surface area (Å²) < 4.78 is 10.4. The van der Waals surface area contributed by atoms with Gasteiger partial charge in [-0.1, -0.05) is 0 Å². The van der Waals surface area contributed by atoms with E-state index in [1.807, 2.05) is 19.1 Å². The smallest absolute Gasteiger partial charge is 0.309 e. The van der Waals surface area contributed by atoms with E-state index in [0.717, 1.165) is 31.7 Å². The Morgan fingerprint density at radius 2 is 2.19 bits per heavy atom. The number of likely N-dealkylation sites (tertiary alicyclic amines) is 1. The summed E-state index contributed by atoms with van der Waals surface area (Å²) in [5.74, 6) is 1.88. The van der Waals surface area contributed by atoms with Gasteiger partial charge in [-0.25, -0.2) is 0 Å². The largest absolute Gasteiger partial charge is 0.467 e. The molecule has 0 atom stereocenters. The van der Waals surface area contributed by atoms with Crippen molar-refractivity contribution in [3.8, 4) is 0 Å². The molecule has 140 valence electrons. The van der Waals surface area contributed by atoms with Gasteiger partial charge in [0.15, 0.2) is 0 Å². The first-order valence-corrected chi connectivity index (χ1v) is 8.79. The van der Waals surface area contributed by atoms with Gasteiger partial charge in [0.25, 0.3) is 0 Å². The van der Waals surface area contributed by atoms with Gasteiger partial charge in [0.1, 0.15) is 11.6 Å². The number of carbonyl (C=O) groups excluding carboxylic acids is 1. The van der Waals surface area contributed by atoms with Gasteiger partial charge in [0.2, 0.25) is 11.9 Å². The normalized spacial score (nSPS) is 15.7. The second-order valence-corrected chi connectivity index (χ2v) is 6.17. The average Bonchev–Trinajstić information content (AvgIpc) is 3.14. The highest BCUT2D eigenvalue weighted by atomic mass is 16.5. The van der Waals surface area contributed by atoms with Gasteiger partial charge in [-0.2, -0.15) is 15.0 Å². The molecule has 26 heavy (non-hydrogen) atoms. The fourth-order valence-electron chi connectivity index (χ4n) is 2.95. The number of hydrogen-bond acceptors (Lipinski definition) is 9. The van der Waals surface area contributed by atoms with Gasteiger partial charge in [-0.3, -0.25) is 9.69 Å². The number of nitrogen functional groups attached to an aromatic ring is 1. The molecular weight excluding hydrogens is 336 g/mol. The molecule has 0 saturated carbocycles. The SMILES string of the molecule is CCOC(=O)C1CCN(Cc2nc(N)nc(NCc3ccco3)n2)CC1. The van der Waals surface area contributed by atoms with Gasteiger partial charge in [-0.15, -0.1) is 0 Å². The summed E-state index contributed by atoms with van der Waals surface area (Å²) in [6.45, 7) is 4.89. The van der Waals surface area contributed by atoms with Gasteiger partial charge < -0.3 is 20.2 Å². The van der Waals surface area contributed by atoms with E-state index in [1.54, 1.807) is 6.26 Å². The number of rotatable bonds is 7. The minimum atomic E-state index is -0.0963. The minimum absolute atomic E-state index is 0.0137. The summed E-state index contributed by atoms with van der Waals surface area (Å²) >= 11 is 0. The molecule has 9 heteroatoms. The third kappa shape index (κ3) is 4.92. The molecule has 0 amide bonds. The lowest BCUT2D eigenvalue weighted by Gasteiger charge is -2.30. The van der Waals surface area contributed by atoms with Gasteiger partial charge >= 0.3 is 5.97 Å². The van der Waals surface area contributed by atoms with Crippen LogP contribution in [0.5, 0.6) is 0 Å². The molecular formula is C17H24N6O3. The highest BCUT2D eigenvalue weighted by molar-refractivity contribution is 5.72. The van der Waals surface area contributed by atoms with Crippen LogP contribution >= 0.6 is 0 Å². The van der Waals surface area contributed by atoms with E-state index >= 15 is 0 Å². The van der Waals surface area contributed by atoms with Crippen LogP contribution in [0.2, 0.25) is 0 Å². The molecule has 0 bridgehead atoms. The van der Waals surface area contributed by atoms with Gasteiger partial charge in [0.05, 0.1) is 31.9 Å². The molecule has 2 aromatic rings. The fourth-order valence-corrected chi connectivity index (χ4v) is 2.95. The van der Waals surface area contributed by atoms with E-state index < -0.39 is 0 Å². The van der Waals surface area contributed by atoms with Crippen molar-refractivity contribution in [2.75, 3.05) is 30.7 Å². The Morgan fingerprint density at radius 1 is 1.38 bits per heavy atom. The Bertz CT molecular complexity index is 713. The van der Waals surface area contributed by atoms with Crippen LogP contribution in [0.1, 0.15) is 31.4 Å². The van der Waals surface area contributed by atoms with Crippen molar-refractivity contribution in [3.05, 3.63) is 30.0 Å². The predicted octanol–water partition coefficient (Wildman–Crippen LogP) is 1.43. The minimum Gasteiger partial charge on any atom is -0.467 e. The number of aromatic nitrogens is 3.